The van der Waals surface area contributed by atoms with Gasteiger partial charge in [0.15, 0.2) is 0 Å². The Hall–Kier alpha value is -1.13. The van der Waals surface area contributed by atoms with E-state index in [9.17, 15) is 9.90 Å². The Morgan fingerprint density at radius 1 is 1.24 bits per heavy atom. The zero-order valence-corrected chi connectivity index (χ0v) is 15.6. The highest BCUT2D eigenvalue weighted by atomic mass is 16.4. The number of hydrogen-bond acceptors (Lipinski definition) is 3. The highest BCUT2D eigenvalue weighted by molar-refractivity contribution is 5.66. The van der Waals surface area contributed by atoms with Crippen LogP contribution in [0.1, 0.15) is 71.1 Å². The lowest BCUT2D eigenvalue weighted by Gasteiger charge is -2.51. The van der Waals surface area contributed by atoms with Crippen LogP contribution in [0.4, 0.5) is 0 Å². The standard InChI is InChI=1S/C21H35NO3/c1-2-3-6-9-18(23)12-13-20-19(16-14-17(15-16)22-20)10-7-4-5-8-11-21(24)25/h4,7,12-13,16-20,22-23H,2-3,5-6,8-11,14-15H2,1H3,(H,24,25)/b7-4+,13-12+. The summed E-state index contributed by atoms with van der Waals surface area (Å²) in [6.07, 6.45) is 18.0. The van der Waals surface area contributed by atoms with Gasteiger partial charge in [-0.25, -0.2) is 0 Å². The molecule has 3 atom stereocenters. The van der Waals surface area contributed by atoms with Crippen molar-refractivity contribution in [1.29, 1.82) is 0 Å². The minimum atomic E-state index is -0.715. The van der Waals surface area contributed by atoms with Crippen molar-refractivity contribution in [3.63, 3.8) is 0 Å². The van der Waals surface area contributed by atoms with Crippen molar-refractivity contribution in [2.75, 3.05) is 0 Å². The molecule has 142 valence electrons. The second-order valence-corrected chi connectivity index (χ2v) is 7.73. The van der Waals surface area contributed by atoms with E-state index in [0.29, 0.717) is 24.4 Å². The average molecular weight is 350 g/mol. The van der Waals surface area contributed by atoms with Crippen LogP contribution in [0.15, 0.2) is 24.3 Å². The zero-order valence-electron chi connectivity index (χ0n) is 15.6. The number of aliphatic hydroxyl groups is 1. The van der Waals surface area contributed by atoms with Crippen LogP contribution in [0.2, 0.25) is 0 Å². The molecule has 1 aliphatic carbocycles. The van der Waals surface area contributed by atoms with Gasteiger partial charge in [0.05, 0.1) is 6.10 Å². The van der Waals surface area contributed by atoms with Gasteiger partial charge in [-0.2, -0.15) is 0 Å². The molecule has 0 amide bonds. The topological polar surface area (TPSA) is 69.6 Å². The molecule has 4 heteroatoms. The van der Waals surface area contributed by atoms with E-state index in [1.54, 1.807) is 0 Å². The number of aliphatic carboxylic acids is 1. The molecule has 3 fully saturated rings. The van der Waals surface area contributed by atoms with Gasteiger partial charge in [0.2, 0.25) is 0 Å². The molecule has 0 spiro atoms. The maximum absolute atomic E-state index is 10.5. The van der Waals surface area contributed by atoms with Crippen molar-refractivity contribution < 1.29 is 15.0 Å². The number of hydrogen-bond donors (Lipinski definition) is 3. The lowest BCUT2D eigenvalue weighted by molar-refractivity contribution is -0.137. The van der Waals surface area contributed by atoms with Gasteiger partial charge in [0.25, 0.3) is 0 Å². The molecule has 0 aromatic rings. The van der Waals surface area contributed by atoms with Crippen LogP contribution in [-0.4, -0.2) is 34.4 Å². The summed E-state index contributed by atoms with van der Waals surface area (Å²) in [5, 5.41) is 22.5. The Labute approximate surface area is 152 Å². The average Bonchev–Trinajstić information content (AvgIpc) is 2.55. The maximum atomic E-state index is 10.5. The van der Waals surface area contributed by atoms with Crippen LogP contribution in [-0.2, 0) is 4.79 Å². The number of piperidine rings is 2. The number of nitrogens with one attached hydrogen (secondary N) is 1. The number of fused-ring (bicyclic) bond motifs is 2. The lowest BCUT2D eigenvalue weighted by Crippen LogP contribution is -2.58. The first-order valence-electron chi connectivity index (χ1n) is 10.1. The number of carboxylic acids is 1. The van der Waals surface area contributed by atoms with Gasteiger partial charge in [-0.1, -0.05) is 50.5 Å². The number of carboxylic acid groups (broad SMARTS) is 1. The molecule has 3 aliphatic rings. The van der Waals surface area contributed by atoms with Crippen LogP contribution in [0, 0.1) is 11.8 Å². The lowest BCUT2D eigenvalue weighted by atomic mass is 9.64. The number of unbranched alkanes of at least 4 members (excludes halogenated alkanes) is 3. The normalized spacial score (nSPS) is 29.8. The Balaban J connectivity index is 1.76. The van der Waals surface area contributed by atoms with E-state index in [-0.39, 0.29) is 12.5 Å². The molecule has 3 rings (SSSR count). The summed E-state index contributed by atoms with van der Waals surface area (Å²) in [5.74, 6) is 0.676. The summed E-state index contributed by atoms with van der Waals surface area (Å²) in [7, 11) is 0. The maximum Gasteiger partial charge on any atom is 0.303 e. The van der Waals surface area contributed by atoms with E-state index >= 15 is 0 Å². The molecule has 4 nitrogen and oxygen atoms in total. The SMILES string of the molecule is CCCCCC(O)/C=C/C1NC2CC(C2)C1C/C=C/CCCC(=O)O. The summed E-state index contributed by atoms with van der Waals surface area (Å²) in [5.41, 5.74) is 0. The first-order valence-corrected chi connectivity index (χ1v) is 10.1. The minimum Gasteiger partial charge on any atom is -0.481 e. The van der Waals surface area contributed by atoms with Crippen molar-refractivity contribution in [2.24, 2.45) is 11.8 Å². The summed E-state index contributed by atoms with van der Waals surface area (Å²) >= 11 is 0. The van der Waals surface area contributed by atoms with Crippen LogP contribution >= 0.6 is 0 Å². The summed E-state index contributed by atoms with van der Waals surface area (Å²) in [6, 6.07) is 1.02. The van der Waals surface area contributed by atoms with Gasteiger partial charge >= 0.3 is 5.97 Å². The molecular weight excluding hydrogens is 314 g/mol. The third kappa shape index (κ3) is 6.95. The fourth-order valence-corrected chi connectivity index (χ4v) is 4.06. The third-order valence-corrected chi connectivity index (χ3v) is 5.65. The van der Waals surface area contributed by atoms with E-state index in [0.717, 1.165) is 31.6 Å². The van der Waals surface area contributed by atoms with E-state index in [1.807, 2.05) is 6.08 Å². The van der Waals surface area contributed by atoms with Crippen molar-refractivity contribution in [3.8, 4) is 0 Å². The zero-order chi connectivity index (χ0) is 18.1. The molecule has 0 aromatic carbocycles. The van der Waals surface area contributed by atoms with Crippen molar-refractivity contribution in [1.82, 2.24) is 5.32 Å². The van der Waals surface area contributed by atoms with Gasteiger partial charge in [-0.3, -0.25) is 4.79 Å². The predicted molar refractivity (Wildman–Crippen MR) is 101 cm³/mol. The van der Waals surface area contributed by atoms with Crippen LogP contribution in [0.3, 0.4) is 0 Å². The largest absolute Gasteiger partial charge is 0.481 e. The second-order valence-electron chi connectivity index (χ2n) is 7.73. The quantitative estimate of drug-likeness (QED) is 0.367. The van der Waals surface area contributed by atoms with Gasteiger partial charge in [0, 0.05) is 18.5 Å². The van der Waals surface area contributed by atoms with E-state index in [4.69, 9.17) is 5.11 Å². The molecule has 25 heavy (non-hydrogen) atoms. The Bertz CT molecular complexity index is 454. The Kier molecular flexibility index (Phi) is 8.70. The first kappa shape index (κ1) is 20.2. The molecule has 0 radical (unpaired) electrons. The van der Waals surface area contributed by atoms with Crippen molar-refractivity contribution in [2.45, 2.75) is 89.3 Å². The highest BCUT2D eigenvalue weighted by Gasteiger charge is 2.43. The molecular formula is C21H35NO3. The number of rotatable bonds is 12. The Morgan fingerprint density at radius 2 is 2.04 bits per heavy atom. The van der Waals surface area contributed by atoms with Crippen LogP contribution < -0.4 is 5.32 Å². The molecule has 2 saturated heterocycles. The smallest absolute Gasteiger partial charge is 0.303 e. The molecule has 3 unspecified atom stereocenters. The minimum absolute atomic E-state index is 0.251. The second kappa shape index (κ2) is 10.8. The summed E-state index contributed by atoms with van der Waals surface area (Å²) < 4.78 is 0. The van der Waals surface area contributed by atoms with E-state index in [1.165, 1.54) is 25.7 Å². The fraction of sp³-hybridized carbons (Fsp3) is 0.762. The number of carbonyl (C=O) groups is 1. The van der Waals surface area contributed by atoms with E-state index < -0.39 is 5.97 Å². The third-order valence-electron chi connectivity index (χ3n) is 5.65. The monoisotopic (exact) mass is 349 g/mol. The van der Waals surface area contributed by atoms with E-state index in [2.05, 4.69) is 30.5 Å². The molecule has 2 aliphatic heterocycles. The van der Waals surface area contributed by atoms with Gasteiger partial charge in [0.1, 0.15) is 0 Å². The fourth-order valence-electron chi connectivity index (χ4n) is 4.06. The van der Waals surface area contributed by atoms with Crippen molar-refractivity contribution in [3.05, 3.63) is 24.3 Å². The summed E-state index contributed by atoms with van der Waals surface area (Å²) in [4.78, 5) is 10.5. The molecule has 2 heterocycles. The molecule has 2 bridgehead atoms. The number of allylic oxidation sites excluding steroid dienone is 2. The predicted octanol–water partition coefficient (Wildman–Crippen LogP) is 4.05. The molecule has 0 aromatic heterocycles. The van der Waals surface area contributed by atoms with Gasteiger partial charge in [-0.05, 0) is 50.4 Å². The van der Waals surface area contributed by atoms with Crippen LogP contribution in [0.25, 0.3) is 0 Å². The van der Waals surface area contributed by atoms with Gasteiger partial charge < -0.3 is 15.5 Å². The Morgan fingerprint density at radius 3 is 2.76 bits per heavy atom. The molecule has 3 N–H and O–H groups in total. The van der Waals surface area contributed by atoms with Crippen molar-refractivity contribution >= 4 is 5.97 Å². The highest BCUT2D eigenvalue weighted by Crippen LogP contribution is 2.43. The number of aliphatic hydroxyl groups excluding tert-OH is 1. The first-order chi connectivity index (χ1) is 12.1. The van der Waals surface area contributed by atoms with Gasteiger partial charge in [-0.15, -0.1) is 0 Å². The molecule has 1 saturated carbocycles. The summed E-state index contributed by atoms with van der Waals surface area (Å²) in [6.45, 7) is 2.18. The van der Waals surface area contributed by atoms with Crippen LogP contribution in [0.5, 0.6) is 0 Å².